The van der Waals surface area contributed by atoms with E-state index in [-0.39, 0.29) is 17.8 Å². The van der Waals surface area contributed by atoms with Crippen LogP contribution in [0.1, 0.15) is 66.9 Å². The second kappa shape index (κ2) is 16.4. The van der Waals surface area contributed by atoms with E-state index in [9.17, 15) is 9.59 Å². The summed E-state index contributed by atoms with van der Waals surface area (Å²) in [5.41, 5.74) is 6.57. The van der Waals surface area contributed by atoms with Crippen LogP contribution < -0.4 is 10.6 Å². The first-order valence-corrected chi connectivity index (χ1v) is 14.3. The van der Waals surface area contributed by atoms with Gasteiger partial charge in [0.1, 0.15) is 11.7 Å². The molecule has 1 aliphatic heterocycles. The number of aromatic nitrogens is 1. The number of aryl methyl sites for hydroxylation is 2. The summed E-state index contributed by atoms with van der Waals surface area (Å²) in [6, 6.07) is 5.16. The topological polar surface area (TPSA) is 89.9 Å². The maximum atomic E-state index is 15.1. The molecule has 1 aromatic heterocycles. The predicted molar refractivity (Wildman–Crippen MR) is 172 cm³/mol. The molecule has 2 N–H and O–H groups in total. The van der Waals surface area contributed by atoms with Crippen LogP contribution in [0.5, 0.6) is 0 Å². The Morgan fingerprint density at radius 1 is 1.24 bits per heavy atom. The fraction of sp³-hybridized carbons (Fsp3) is 0.394. The summed E-state index contributed by atoms with van der Waals surface area (Å²) in [5.74, 6) is 0.0312. The van der Waals surface area contributed by atoms with Gasteiger partial charge >= 0.3 is 0 Å². The van der Waals surface area contributed by atoms with E-state index in [0.717, 1.165) is 40.2 Å². The second-order valence-corrected chi connectivity index (χ2v) is 10.1. The van der Waals surface area contributed by atoms with E-state index in [1.807, 2.05) is 33.8 Å². The quantitative estimate of drug-likeness (QED) is 0.222. The maximum Gasteiger partial charge on any atom is 0.253 e. The molecular formula is C33H45FN6O2. The first-order chi connectivity index (χ1) is 20.1. The number of hydrogen-bond donors (Lipinski definition) is 2. The highest BCUT2D eigenvalue weighted by molar-refractivity contribution is 6.04. The minimum Gasteiger partial charge on any atom is -0.345 e. The lowest BCUT2D eigenvalue weighted by atomic mass is 9.92. The van der Waals surface area contributed by atoms with Crippen molar-refractivity contribution >= 4 is 35.5 Å². The summed E-state index contributed by atoms with van der Waals surface area (Å²) in [7, 11) is 5.00. The smallest absolute Gasteiger partial charge is 0.253 e. The van der Waals surface area contributed by atoms with Gasteiger partial charge < -0.3 is 15.5 Å². The molecule has 0 fully saturated rings. The maximum absolute atomic E-state index is 15.1. The summed E-state index contributed by atoms with van der Waals surface area (Å²) < 4.78 is 15.1. The average molecular weight is 577 g/mol. The van der Waals surface area contributed by atoms with E-state index in [1.54, 1.807) is 39.5 Å². The highest BCUT2D eigenvalue weighted by atomic mass is 19.1. The number of rotatable bonds is 9. The van der Waals surface area contributed by atoms with Crippen LogP contribution >= 0.6 is 0 Å². The SMILES string of the molecule is CC.CN=C(/C=C\NC=O)Nc1ccnc(C)c1/C=C(\C)C(C)N1CC=C(c2c(C)cc(C(=O)N(C)C)cc2F)CC1. The summed E-state index contributed by atoms with van der Waals surface area (Å²) >= 11 is 0. The molecule has 0 aliphatic carbocycles. The molecule has 2 amide bonds. The Morgan fingerprint density at radius 2 is 1.95 bits per heavy atom. The van der Waals surface area contributed by atoms with E-state index in [2.05, 4.69) is 51.5 Å². The van der Waals surface area contributed by atoms with E-state index in [4.69, 9.17) is 0 Å². The minimum absolute atomic E-state index is 0.146. The molecule has 2 aromatic rings. The third-order valence-corrected chi connectivity index (χ3v) is 7.18. The van der Waals surface area contributed by atoms with Crippen molar-refractivity contribution in [2.75, 3.05) is 39.5 Å². The van der Waals surface area contributed by atoms with Gasteiger partial charge in [0.05, 0.1) is 5.69 Å². The summed E-state index contributed by atoms with van der Waals surface area (Å²) in [6.07, 6.45) is 10.5. The number of anilines is 1. The number of carbonyl (C=O) groups is 2. The fourth-order valence-corrected chi connectivity index (χ4v) is 4.78. The molecule has 1 aliphatic rings. The van der Waals surface area contributed by atoms with Gasteiger partial charge in [-0.25, -0.2) is 4.39 Å². The van der Waals surface area contributed by atoms with Gasteiger partial charge in [0.15, 0.2) is 0 Å². The Balaban J connectivity index is 0.00000301. The molecule has 2 heterocycles. The van der Waals surface area contributed by atoms with Crippen LogP contribution in [0.4, 0.5) is 10.1 Å². The van der Waals surface area contributed by atoms with Gasteiger partial charge in [0.25, 0.3) is 5.91 Å². The summed E-state index contributed by atoms with van der Waals surface area (Å²) in [6.45, 7) is 13.6. The lowest BCUT2D eigenvalue weighted by Crippen LogP contribution is -2.37. The molecule has 9 heteroatoms. The number of nitrogens with one attached hydrogen (secondary N) is 2. The molecule has 3 rings (SSSR count). The van der Waals surface area contributed by atoms with Crippen molar-refractivity contribution in [1.82, 2.24) is 20.1 Å². The summed E-state index contributed by atoms with van der Waals surface area (Å²) in [4.78, 5) is 35.4. The van der Waals surface area contributed by atoms with Gasteiger partial charge in [0, 0.05) is 75.1 Å². The number of nitrogens with zero attached hydrogens (tertiary/aromatic N) is 4. The number of amides is 2. The third kappa shape index (κ3) is 8.69. The van der Waals surface area contributed by atoms with Gasteiger partial charge in [-0.2, -0.15) is 0 Å². The Morgan fingerprint density at radius 3 is 2.52 bits per heavy atom. The van der Waals surface area contributed by atoms with Gasteiger partial charge in [-0.1, -0.05) is 31.6 Å². The van der Waals surface area contributed by atoms with Crippen molar-refractivity contribution in [3.63, 3.8) is 0 Å². The Bertz CT molecular complexity index is 1350. The largest absolute Gasteiger partial charge is 0.345 e. The zero-order chi connectivity index (χ0) is 31.4. The van der Waals surface area contributed by atoms with Gasteiger partial charge in [-0.3, -0.25) is 24.5 Å². The number of carbonyl (C=O) groups excluding carboxylic acids is 2. The predicted octanol–water partition coefficient (Wildman–Crippen LogP) is 5.85. The molecule has 0 radical (unpaired) electrons. The number of pyridine rings is 1. The number of aliphatic imine (C=N–C) groups is 1. The molecule has 8 nitrogen and oxygen atoms in total. The van der Waals surface area contributed by atoms with E-state index in [1.165, 1.54) is 17.2 Å². The number of halogens is 1. The molecule has 0 saturated heterocycles. The van der Waals surface area contributed by atoms with Crippen molar-refractivity contribution < 1.29 is 14.0 Å². The Labute approximate surface area is 250 Å². The normalized spacial score (nSPS) is 15.0. The highest BCUT2D eigenvalue weighted by Crippen LogP contribution is 2.31. The van der Waals surface area contributed by atoms with Gasteiger partial charge in [0.2, 0.25) is 6.41 Å². The fourth-order valence-electron chi connectivity index (χ4n) is 4.78. The van der Waals surface area contributed by atoms with Gasteiger partial charge in [-0.15, -0.1) is 0 Å². The van der Waals surface area contributed by atoms with Crippen molar-refractivity contribution in [2.24, 2.45) is 4.99 Å². The Hall–Kier alpha value is -4.11. The molecule has 1 atom stereocenters. The average Bonchev–Trinajstić information content (AvgIpc) is 2.98. The van der Waals surface area contributed by atoms with Crippen LogP contribution in [0.15, 0.2) is 53.3 Å². The highest BCUT2D eigenvalue weighted by Gasteiger charge is 2.23. The molecule has 226 valence electrons. The van der Waals surface area contributed by atoms with Crippen molar-refractivity contribution in [1.29, 1.82) is 0 Å². The first kappa shape index (κ1) is 34.1. The second-order valence-electron chi connectivity index (χ2n) is 10.1. The van der Waals surface area contributed by atoms with Gasteiger partial charge in [-0.05, 0) is 69.5 Å². The first-order valence-electron chi connectivity index (χ1n) is 14.3. The zero-order valence-corrected chi connectivity index (χ0v) is 26.4. The van der Waals surface area contributed by atoms with E-state index >= 15 is 4.39 Å². The van der Waals surface area contributed by atoms with Crippen LogP contribution in [0.3, 0.4) is 0 Å². The third-order valence-electron chi connectivity index (χ3n) is 7.18. The van der Waals surface area contributed by atoms with Crippen LogP contribution in [0.2, 0.25) is 0 Å². The molecule has 1 aromatic carbocycles. The lowest BCUT2D eigenvalue weighted by Gasteiger charge is -2.33. The molecular weight excluding hydrogens is 531 g/mol. The van der Waals surface area contributed by atoms with Crippen LogP contribution in [-0.2, 0) is 4.79 Å². The standard InChI is InChI=1S/C31H39FN6O2.C2H6/c1-20(17-26-22(3)35-13-8-28(26)36-29(33-5)9-12-34-19-39)23(4)38-14-10-24(11-15-38)30-21(2)16-25(18-27(30)32)31(40)37(6)7;1-2/h8-10,12-13,16-19,23H,11,14-15H2,1-7H3,(H,34,39)(H,33,35,36);1-2H3/b12-9-,20-17+;. The molecule has 42 heavy (non-hydrogen) atoms. The van der Waals surface area contributed by atoms with Crippen LogP contribution in [-0.4, -0.2) is 73.2 Å². The number of benzene rings is 1. The van der Waals surface area contributed by atoms with Crippen LogP contribution in [0, 0.1) is 19.7 Å². The van der Waals surface area contributed by atoms with Crippen molar-refractivity contribution in [3.05, 3.63) is 82.1 Å². The van der Waals surface area contributed by atoms with Crippen LogP contribution in [0.25, 0.3) is 11.6 Å². The molecule has 0 bridgehead atoms. The number of hydrogen-bond acceptors (Lipinski definition) is 5. The zero-order valence-electron chi connectivity index (χ0n) is 26.4. The van der Waals surface area contributed by atoms with E-state index in [0.29, 0.717) is 36.3 Å². The summed E-state index contributed by atoms with van der Waals surface area (Å²) in [5, 5.41) is 5.80. The number of amidine groups is 1. The molecule has 1 unspecified atom stereocenters. The van der Waals surface area contributed by atoms with E-state index < -0.39 is 0 Å². The van der Waals surface area contributed by atoms with Crippen molar-refractivity contribution in [3.8, 4) is 0 Å². The Kier molecular flexibility index (Phi) is 13.3. The molecule has 0 saturated carbocycles. The minimum atomic E-state index is -0.354. The van der Waals surface area contributed by atoms with Crippen molar-refractivity contribution in [2.45, 2.75) is 54.0 Å². The molecule has 0 spiro atoms. The monoisotopic (exact) mass is 576 g/mol. The lowest BCUT2D eigenvalue weighted by molar-refractivity contribution is -0.108.